The molecule has 4 aliphatic heterocycles. The van der Waals surface area contributed by atoms with Crippen LogP contribution in [-0.2, 0) is 83.5 Å². The molecular formula is C70H80F2N14O12S2. The van der Waals surface area contributed by atoms with Crippen molar-refractivity contribution < 1.29 is 66.6 Å². The van der Waals surface area contributed by atoms with Crippen molar-refractivity contribution in [2.45, 2.75) is 143 Å². The molecule has 6 heterocycles. The molecule has 26 nitrogen and oxygen atoms in total. The maximum Gasteiger partial charge on any atom is 0.246 e. The van der Waals surface area contributed by atoms with E-state index in [-0.39, 0.29) is 82.4 Å². The summed E-state index contributed by atoms with van der Waals surface area (Å²) in [5.74, 6) is -9.17. The van der Waals surface area contributed by atoms with Gasteiger partial charge in [0.05, 0.1) is 13.0 Å². The number of nitrogens with two attached hydrogens (primary N) is 1. The highest BCUT2D eigenvalue weighted by atomic mass is 32.2. The fraction of sp³-hybridized carbons (Fsp3) is 0.400. The van der Waals surface area contributed by atoms with Gasteiger partial charge in [0.2, 0.25) is 65.0 Å². The predicted molar refractivity (Wildman–Crippen MR) is 371 cm³/mol. The molecule has 100 heavy (non-hydrogen) atoms. The number of hydrogen-bond acceptors (Lipinski definition) is 15. The molecular weight excluding hydrogens is 1330 g/mol. The van der Waals surface area contributed by atoms with Crippen molar-refractivity contribution in [3.05, 3.63) is 149 Å². The molecule has 0 saturated carbocycles. The average Bonchev–Trinajstić information content (AvgIpc) is 1.59. The number of nitrogens with one attached hydrogen (secondary N) is 11. The van der Waals surface area contributed by atoms with E-state index in [9.17, 15) is 38.3 Å². The Kier molecular flexibility index (Phi) is 24.4. The number of hydrogen-bond donors (Lipinski definition) is 13. The number of aromatic hydroxyl groups is 1. The number of fused-ring (bicyclic) bond motifs is 13. The molecule has 2 saturated heterocycles. The Balaban J connectivity index is 1.02. The lowest BCUT2D eigenvalue weighted by Gasteiger charge is -2.37. The molecule has 0 spiro atoms. The quantitative estimate of drug-likeness (QED) is 0.0990. The molecule has 528 valence electrons. The van der Waals surface area contributed by atoms with Crippen LogP contribution in [0.15, 0.2) is 114 Å². The lowest BCUT2D eigenvalue weighted by atomic mass is 9.95. The number of benzene rings is 4. The molecule has 2 aromatic heterocycles. The molecule has 11 amide bonds. The molecule has 8 atom stereocenters. The number of thioether (sulfide) groups is 2. The minimum atomic E-state index is -1.86. The number of H-pyrrole nitrogens is 2. The standard InChI is InChI=1S/C70H80F2N14O12S2/c1-70-19-5-22-86(70)68(97)57(25-39-9-13-47(87)14-10-39)84-64(93)53(26-40-17-21-74-32-40)81-67(96)56-31-60(89)75-20-3-2-8-52(79-59(88)18-23-99-36-41-6-4-7-42(24-41)37-100-38-58(62(73)91)85-69(70)98)63(92)78-35-61(90)80-54(27-43-33-76-50-15-11-45(71)29-48(43)50)65(94)82-55(66(95)83-56)28-44-34-77-51-16-12-46(72)30-49(44)51/h4,6-7,9-16,21,24,29-30,32-34,52-58,76-77,87H,2-3,5,8,17-20,22-23,25-28,31,35-38H2,1H3,(H2,73,91)(H,75,89)(H,78,92)(H,79,88)(H,80,90)(H,81,96)(H,82,94)(H,83,95)(H,84,93)(H,85,98)/t52-,53-,54-,55-,56-,57-,58-,70-/m0/s1. The van der Waals surface area contributed by atoms with Crippen molar-refractivity contribution in [3.63, 3.8) is 0 Å². The second-order valence-corrected chi connectivity index (χ2v) is 27.6. The summed E-state index contributed by atoms with van der Waals surface area (Å²) in [7, 11) is 0. The Morgan fingerprint density at radius 1 is 0.640 bits per heavy atom. The number of aliphatic imine (C=N–C) groups is 1. The molecule has 0 radical (unpaired) electrons. The van der Waals surface area contributed by atoms with Crippen molar-refractivity contribution in [1.29, 1.82) is 0 Å². The number of carbonyl (C=O) groups is 11. The number of halogens is 2. The zero-order valence-corrected chi connectivity index (χ0v) is 56.5. The summed E-state index contributed by atoms with van der Waals surface area (Å²) in [5, 5.41) is 35.4. The second-order valence-electron chi connectivity index (χ2n) is 25.5. The molecule has 10 rings (SSSR count). The number of nitrogens with zero attached hydrogens (tertiary/aromatic N) is 2. The Morgan fingerprint density at radius 2 is 1.27 bits per heavy atom. The SMILES string of the molecule is C[C@@]12CCCN1C(=O)[C@H](Cc1ccc(O)cc1)NC(=O)[C@H](CC1=CN=CC1)NC(=O)[C@@H]1CC(=O)NCCCC[C@H](NC(=O)CCSCc3cccc(c3)CSC[C@@H](C(N)=O)NC2=O)C(=O)NCC(=O)N[C@@H](Cc2c[nH]c3ccc(F)cc23)C(=O)N[C@@H](Cc2c[nH]c3ccc(F)cc23)C(=O)N1. The first-order chi connectivity index (χ1) is 48.0. The zero-order valence-electron chi connectivity index (χ0n) is 54.9. The largest absolute Gasteiger partial charge is 0.508 e. The molecule has 2 fully saturated rings. The van der Waals surface area contributed by atoms with Crippen molar-refractivity contribution in [3.8, 4) is 5.75 Å². The summed E-state index contributed by atoms with van der Waals surface area (Å²) in [6, 6.07) is 10.8. The highest BCUT2D eigenvalue weighted by molar-refractivity contribution is 7.98. The van der Waals surface area contributed by atoms with E-state index in [1.54, 1.807) is 25.3 Å². The van der Waals surface area contributed by atoms with Gasteiger partial charge in [0.1, 0.15) is 65.2 Å². The Morgan fingerprint density at radius 3 is 1.93 bits per heavy atom. The smallest absolute Gasteiger partial charge is 0.246 e. The Labute approximate surface area is 582 Å². The van der Waals surface area contributed by atoms with Gasteiger partial charge in [-0.2, -0.15) is 23.5 Å². The van der Waals surface area contributed by atoms with Gasteiger partial charge in [-0.15, -0.1) is 0 Å². The van der Waals surface area contributed by atoms with Gasteiger partial charge in [-0.25, -0.2) is 8.78 Å². The Hall–Kier alpha value is -10.1. The lowest BCUT2D eigenvalue weighted by Crippen LogP contribution is -2.63. The molecule has 6 aromatic rings. The number of amides is 11. The molecule has 14 N–H and O–H groups in total. The zero-order chi connectivity index (χ0) is 71.0. The van der Waals surface area contributed by atoms with Crippen LogP contribution in [0.4, 0.5) is 8.78 Å². The van der Waals surface area contributed by atoms with Crippen LogP contribution in [0.25, 0.3) is 21.8 Å². The van der Waals surface area contributed by atoms with Gasteiger partial charge in [-0.3, -0.25) is 57.7 Å². The second kappa shape index (κ2) is 33.6. The molecule has 30 heteroatoms. The summed E-state index contributed by atoms with van der Waals surface area (Å²) in [4.78, 5) is 172. The monoisotopic (exact) mass is 1410 g/mol. The first kappa shape index (κ1) is 72.6. The van der Waals surface area contributed by atoms with Gasteiger partial charge in [-0.1, -0.05) is 36.4 Å². The van der Waals surface area contributed by atoms with Crippen LogP contribution in [0.2, 0.25) is 0 Å². The molecule has 0 aliphatic carbocycles. The first-order valence-electron chi connectivity index (χ1n) is 33.0. The van der Waals surface area contributed by atoms with Crippen LogP contribution >= 0.6 is 23.5 Å². The van der Waals surface area contributed by atoms with Crippen molar-refractivity contribution >= 4 is 117 Å². The maximum absolute atomic E-state index is 15.3. The minimum absolute atomic E-state index is 0.0121. The first-order valence-corrected chi connectivity index (χ1v) is 35.3. The van der Waals surface area contributed by atoms with E-state index in [0.29, 0.717) is 67.7 Å². The predicted octanol–water partition coefficient (Wildman–Crippen LogP) is 3.05. The summed E-state index contributed by atoms with van der Waals surface area (Å²) < 4.78 is 29.9. The Bertz CT molecular complexity index is 4150. The fourth-order valence-corrected chi connectivity index (χ4v) is 14.5. The topological polar surface area (TPSA) is 389 Å². The van der Waals surface area contributed by atoms with Gasteiger partial charge in [0, 0.05) is 115 Å². The van der Waals surface area contributed by atoms with Crippen molar-refractivity contribution in [2.24, 2.45) is 10.7 Å². The lowest BCUT2D eigenvalue weighted by molar-refractivity contribution is -0.147. The van der Waals surface area contributed by atoms with Crippen LogP contribution in [0.5, 0.6) is 5.75 Å². The number of aromatic amines is 2. The third-order valence-corrected chi connectivity index (χ3v) is 20.2. The van der Waals surface area contributed by atoms with E-state index in [0.717, 1.165) is 11.1 Å². The molecule has 4 aromatic carbocycles. The van der Waals surface area contributed by atoms with E-state index >= 15 is 28.4 Å². The van der Waals surface area contributed by atoms with Crippen LogP contribution in [-0.4, -0.2) is 170 Å². The van der Waals surface area contributed by atoms with E-state index in [1.165, 1.54) is 95.5 Å². The highest BCUT2D eigenvalue weighted by Gasteiger charge is 2.49. The van der Waals surface area contributed by atoms with Gasteiger partial charge < -0.3 is 73.6 Å². The summed E-state index contributed by atoms with van der Waals surface area (Å²) in [6.45, 7) is 0.854. The summed E-state index contributed by atoms with van der Waals surface area (Å²) >= 11 is 2.81. The van der Waals surface area contributed by atoms with E-state index in [2.05, 4.69) is 62.8 Å². The van der Waals surface area contributed by atoms with Crippen LogP contribution < -0.4 is 53.6 Å². The number of primary amides is 1. The van der Waals surface area contributed by atoms with E-state index in [4.69, 9.17) is 5.73 Å². The third kappa shape index (κ3) is 19.2. The maximum atomic E-state index is 15.3. The van der Waals surface area contributed by atoms with Crippen LogP contribution in [0.3, 0.4) is 0 Å². The fourth-order valence-electron chi connectivity index (χ4n) is 12.6. The van der Waals surface area contributed by atoms with E-state index < -0.39 is 144 Å². The van der Waals surface area contributed by atoms with Gasteiger partial charge in [0.25, 0.3) is 0 Å². The van der Waals surface area contributed by atoms with Crippen molar-refractivity contribution in [2.75, 3.05) is 31.1 Å². The van der Waals surface area contributed by atoms with E-state index in [1.807, 2.05) is 24.3 Å². The van der Waals surface area contributed by atoms with Gasteiger partial charge >= 0.3 is 0 Å². The normalized spacial score (nSPS) is 24.4. The number of carbonyl (C=O) groups excluding carboxylic acids is 11. The highest BCUT2D eigenvalue weighted by Crippen LogP contribution is 2.32. The molecule has 4 bridgehead atoms. The number of phenols is 1. The molecule has 0 unspecified atom stereocenters. The number of phenolic OH excluding ortho intramolecular Hbond substituents is 1. The van der Waals surface area contributed by atoms with Crippen molar-refractivity contribution in [1.82, 2.24) is 62.7 Å². The van der Waals surface area contributed by atoms with Crippen LogP contribution in [0, 0.1) is 11.6 Å². The average molecular weight is 1410 g/mol. The number of rotatable bonds is 9. The van der Waals surface area contributed by atoms with Gasteiger partial charge in [-0.05, 0) is 127 Å². The minimum Gasteiger partial charge on any atom is -0.508 e. The van der Waals surface area contributed by atoms with Crippen LogP contribution in [0.1, 0.15) is 92.5 Å². The van der Waals surface area contributed by atoms with Gasteiger partial charge in [0.15, 0.2) is 0 Å². The molecule has 4 aliphatic rings. The summed E-state index contributed by atoms with van der Waals surface area (Å²) in [6.07, 6.45) is 5.29. The summed E-state index contributed by atoms with van der Waals surface area (Å²) in [5.41, 5.74) is 8.76. The third-order valence-electron chi connectivity index (χ3n) is 18.1. The number of aromatic nitrogens is 2.